The average Bonchev–Trinajstić information content (AvgIpc) is 2.50. The lowest BCUT2D eigenvalue weighted by Crippen LogP contribution is -2.43. The zero-order chi connectivity index (χ0) is 16.1. The molecule has 0 aliphatic heterocycles. The fourth-order valence-electron chi connectivity index (χ4n) is 3.07. The minimum absolute atomic E-state index is 0.0168. The Labute approximate surface area is 137 Å². The van der Waals surface area contributed by atoms with Crippen molar-refractivity contribution in [3.05, 3.63) is 34.9 Å². The second-order valence-corrected chi connectivity index (χ2v) is 6.81. The third-order valence-electron chi connectivity index (χ3n) is 4.80. The molecule has 0 bridgehead atoms. The topological polar surface area (TPSA) is 46.2 Å². The van der Waals surface area contributed by atoms with E-state index in [-0.39, 0.29) is 30.6 Å². The number of halogens is 1. The van der Waals surface area contributed by atoms with Gasteiger partial charge in [-0.1, -0.05) is 38.3 Å². The maximum Gasteiger partial charge on any atom is 0.220 e. The zero-order valence-corrected chi connectivity index (χ0v) is 14.0. The molecule has 0 heterocycles. The van der Waals surface area contributed by atoms with Gasteiger partial charge >= 0.3 is 0 Å². The summed E-state index contributed by atoms with van der Waals surface area (Å²) in [5.74, 6) is 1.12. The van der Waals surface area contributed by atoms with E-state index in [0.29, 0.717) is 22.4 Å². The SMILES string of the molecule is C[C@H]1[C@H](C)CCC[C@@H]1NC(=O)CCC(=O)c1ccc(Cl)cc1. The van der Waals surface area contributed by atoms with Gasteiger partial charge < -0.3 is 5.32 Å². The van der Waals surface area contributed by atoms with Gasteiger partial charge in [-0.05, 0) is 42.5 Å². The number of carbonyl (C=O) groups is 2. The summed E-state index contributed by atoms with van der Waals surface area (Å²) in [6.45, 7) is 4.45. The van der Waals surface area contributed by atoms with Gasteiger partial charge in [-0.25, -0.2) is 0 Å². The molecule has 1 amide bonds. The van der Waals surface area contributed by atoms with Gasteiger partial charge in [0, 0.05) is 29.5 Å². The molecule has 0 saturated heterocycles. The van der Waals surface area contributed by atoms with Gasteiger partial charge in [-0.3, -0.25) is 9.59 Å². The van der Waals surface area contributed by atoms with Crippen molar-refractivity contribution in [1.82, 2.24) is 5.32 Å². The van der Waals surface area contributed by atoms with Crippen molar-refractivity contribution < 1.29 is 9.59 Å². The Bertz CT molecular complexity index is 526. The molecule has 1 aliphatic carbocycles. The Morgan fingerprint density at radius 1 is 1.14 bits per heavy atom. The largest absolute Gasteiger partial charge is 0.353 e. The van der Waals surface area contributed by atoms with Gasteiger partial charge in [0.1, 0.15) is 0 Å². The van der Waals surface area contributed by atoms with Crippen LogP contribution >= 0.6 is 11.6 Å². The first-order valence-electron chi connectivity index (χ1n) is 8.05. The quantitative estimate of drug-likeness (QED) is 0.824. The van der Waals surface area contributed by atoms with Crippen LogP contribution in [0.5, 0.6) is 0 Å². The van der Waals surface area contributed by atoms with Crippen LogP contribution in [-0.4, -0.2) is 17.7 Å². The first kappa shape index (κ1) is 17.0. The summed E-state index contributed by atoms with van der Waals surface area (Å²) in [4.78, 5) is 24.1. The van der Waals surface area contributed by atoms with Gasteiger partial charge in [-0.15, -0.1) is 0 Å². The number of hydrogen-bond acceptors (Lipinski definition) is 2. The second-order valence-electron chi connectivity index (χ2n) is 6.37. The van der Waals surface area contributed by atoms with E-state index in [9.17, 15) is 9.59 Å². The fourth-order valence-corrected chi connectivity index (χ4v) is 3.20. The molecule has 0 radical (unpaired) electrons. The van der Waals surface area contributed by atoms with E-state index in [1.807, 2.05) is 0 Å². The highest BCUT2D eigenvalue weighted by Gasteiger charge is 2.28. The van der Waals surface area contributed by atoms with E-state index in [2.05, 4.69) is 19.2 Å². The van der Waals surface area contributed by atoms with Crippen LogP contribution in [0.1, 0.15) is 56.3 Å². The Morgan fingerprint density at radius 3 is 2.50 bits per heavy atom. The van der Waals surface area contributed by atoms with Crippen molar-refractivity contribution in [3.8, 4) is 0 Å². The molecule has 0 aromatic heterocycles. The summed E-state index contributed by atoms with van der Waals surface area (Å²) in [6, 6.07) is 7.04. The third-order valence-corrected chi connectivity index (χ3v) is 5.05. The van der Waals surface area contributed by atoms with Crippen LogP contribution in [0.15, 0.2) is 24.3 Å². The number of rotatable bonds is 5. The molecule has 1 N–H and O–H groups in total. The first-order chi connectivity index (χ1) is 10.5. The lowest BCUT2D eigenvalue weighted by atomic mass is 9.78. The Balaban J connectivity index is 1.80. The molecule has 1 fully saturated rings. The fraction of sp³-hybridized carbons (Fsp3) is 0.556. The molecule has 1 aromatic carbocycles. The van der Waals surface area contributed by atoms with Crippen molar-refractivity contribution in [2.75, 3.05) is 0 Å². The number of amides is 1. The van der Waals surface area contributed by atoms with E-state index in [1.54, 1.807) is 24.3 Å². The van der Waals surface area contributed by atoms with Crippen molar-refractivity contribution in [1.29, 1.82) is 0 Å². The van der Waals surface area contributed by atoms with Crippen LogP contribution in [-0.2, 0) is 4.79 Å². The average molecular weight is 322 g/mol. The molecule has 2 rings (SSSR count). The maximum absolute atomic E-state index is 12.1. The highest BCUT2D eigenvalue weighted by molar-refractivity contribution is 6.30. The lowest BCUT2D eigenvalue weighted by molar-refractivity contribution is -0.122. The van der Waals surface area contributed by atoms with Crippen molar-refractivity contribution in [3.63, 3.8) is 0 Å². The molecule has 4 heteroatoms. The summed E-state index contributed by atoms with van der Waals surface area (Å²) in [6.07, 6.45) is 3.94. The summed E-state index contributed by atoms with van der Waals surface area (Å²) in [7, 11) is 0. The smallest absolute Gasteiger partial charge is 0.220 e. The summed E-state index contributed by atoms with van der Waals surface area (Å²) < 4.78 is 0. The van der Waals surface area contributed by atoms with Gasteiger partial charge in [0.25, 0.3) is 0 Å². The summed E-state index contributed by atoms with van der Waals surface area (Å²) in [5, 5.41) is 3.71. The summed E-state index contributed by atoms with van der Waals surface area (Å²) in [5.41, 5.74) is 0.608. The zero-order valence-electron chi connectivity index (χ0n) is 13.3. The van der Waals surface area contributed by atoms with E-state index < -0.39 is 0 Å². The standard InChI is InChI=1S/C18H24ClNO2/c1-12-4-3-5-16(13(12)2)20-18(22)11-10-17(21)14-6-8-15(19)9-7-14/h6-9,12-13,16H,3-5,10-11H2,1-2H3,(H,20,22)/t12-,13+,16+/m1/s1. The summed E-state index contributed by atoms with van der Waals surface area (Å²) >= 11 is 5.80. The predicted octanol–water partition coefficient (Wildman–Crippen LogP) is 4.24. The van der Waals surface area contributed by atoms with E-state index in [1.165, 1.54) is 12.8 Å². The highest BCUT2D eigenvalue weighted by Crippen LogP contribution is 2.29. The van der Waals surface area contributed by atoms with Gasteiger partial charge in [0.05, 0.1) is 0 Å². The molecule has 1 aliphatic rings. The van der Waals surface area contributed by atoms with Crippen LogP contribution in [0.2, 0.25) is 5.02 Å². The van der Waals surface area contributed by atoms with Crippen molar-refractivity contribution in [2.24, 2.45) is 11.8 Å². The molecular formula is C18H24ClNO2. The molecule has 1 aromatic rings. The van der Waals surface area contributed by atoms with Gasteiger partial charge in [-0.2, -0.15) is 0 Å². The number of benzene rings is 1. The minimum atomic E-state index is -0.0201. The van der Waals surface area contributed by atoms with E-state index >= 15 is 0 Å². The normalized spacial score (nSPS) is 24.8. The number of ketones is 1. The Kier molecular flexibility index (Phi) is 6.01. The number of Topliss-reactive ketones (excluding diaryl/α,β-unsaturated/α-hetero) is 1. The molecular weight excluding hydrogens is 298 g/mol. The highest BCUT2D eigenvalue weighted by atomic mass is 35.5. The van der Waals surface area contributed by atoms with Crippen molar-refractivity contribution >= 4 is 23.3 Å². The Morgan fingerprint density at radius 2 is 1.82 bits per heavy atom. The molecule has 0 spiro atoms. The first-order valence-corrected chi connectivity index (χ1v) is 8.43. The van der Waals surface area contributed by atoms with Gasteiger partial charge in [0.15, 0.2) is 5.78 Å². The van der Waals surface area contributed by atoms with E-state index in [4.69, 9.17) is 11.6 Å². The lowest BCUT2D eigenvalue weighted by Gasteiger charge is -2.34. The van der Waals surface area contributed by atoms with Crippen LogP contribution in [0.25, 0.3) is 0 Å². The molecule has 0 unspecified atom stereocenters. The predicted molar refractivity (Wildman–Crippen MR) is 89.1 cm³/mol. The van der Waals surface area contributed by atoms with Crippen LogP contribution in [0.3, 0.4) is 0 Å². The van der Waals surface area contributed by atoms with Crippen LogP contribution in [0.4, 0.5) is 0 Å². The second kappa shape index (κ2) is 7.77. The minimum Gasteiger partial charge on any atom is -0.353 e. The van der Waals surface area contributed by atoms with Gasteiger partial charge in [0.2, 0.25) is 5.91 Å². The molecule has 22 heavy (non-hydrogen) atoms. The third kappa shape index (κ3) is 4.57. The Hall–Kier alpha value is -1.35. The number of hydrogen-bond donors (Lipinski definition) is 1. The molecule has 3 atom stereocenters. The monoisotopic (exact) mass is 321 g/mol. The molecule has 120 valence electrons. The van der Waals surface area contributed by atoms with Crippen LogP contribution in [0, 0.1) is 11.8 Å². The van der Waals surface area contributed by atoms with Crippen LogP contribution < -0.4 is 5.32 Å². The van der Waals surface area contributed by atoms with Crippen molar-refractivity contribution in [2.45, 2.75) is 52.0 Å². The molecule has 3 nitrogen and oxygen atoms in total. The van der Waals surface area contributed by atoms with E-state index in [0.717, 1.165) is 6.42 Å². The molecule has 1 saturated carbocycles. The number of carbonyl (C=O) groups excluding carboxylic acids is 2. The maximum atomic E-state index is 12.1. The number of nitrogens with one attached hydrogen (secondary N) is 1.